The van der Waals surface area contributed by atoms with Gasteiger partial charge in [0.1, 0.15) is 6.29 Å². The summed E-state index contributed by atoms with van der Waals surface area (Å²) in [6.45, 7) is 0. The van der Waals surface area contributed by atoms with E-state index in [2.05, 4.69) is 10.2 Å². The molecular formula is C19H19N3O4S. The van der Waals surface area contributed by atoms with Crippen molar-refractivity contribution in [2.75, 3.05) is 0 Å². The van der Waals surface area contributed by atoms with Gasteiger partial charge in [0.05, 0.1) is 9.82 Å². The third-order valence-electron chi connectivity index (χ3n) is 6.41. The lowest BCUT2D eigenvalue weighted by Crippen LogP contribution is -2.48. The lowest BCUT2D eigenvalue weighted by molar-refractivity contribution is -0.387. The Balaban J connectivity index is 1.42. The molecule has 27 heavy (non-hydrogen) atoms. The van der Waals surface area contributed by atoms with Gasteiger partial charge in [0.15, 0.2) is 0 Å². The van der Waals surface area contributed by atoms with Gasteiger partial charge in [-0.1, -0.05) is 6.07 Å². The molecule has 0 spiro atoms. The third-order valence-corrected chi connectivity index (χ3v) is 7.32. The Hall–Kier alpha value is -2.22. The number of aldehydes is 1. The summed E-state index contributed by atoms with van der Waals surface area (Å²) in [5.41, 5.74) is 0.151. The fraction of sp³-hybridized carbons (Fsp3) is 0.526. The van der Waals surface area contributed by atoms with Gasteiger partial charge in [0.25, 0.3) is 10.9 Å². The quantitative estimate of drug-likeness (QED) is 0.427. The van der Waals surface area contributed by atoms with Crippen LogP contribution in [0.2, 0.25) is 0 Å². The third kappa shape index (κ3) is 2.86. The Labute approximate surface area is 160 Å². The predicted octanol–water partition coefficient (Wildman–Crippen LogP) is 4.41. The Kier molecular flexibility index (Phi) is 3.86. The van der Waals surface area contributed by atoms with Crippen LogP contribution in [0, 0.1) is 27.9 Å². The lowest BCUT2D eigenvalue weighted by atomic mass is 9.49. The van der Waals surface area contributed by atoms with Gasteiger partial charge in [-0.15, -0.1) is 10.2 Å². The van der Waals surface area contributed by atoms with E-state index < -0.39 is 4.92 Å². The van der Waals surface area contributed by atoms with Crippen LogP contribution >= 0.6 is 11.8 Å². The minimum absolute atomic E-state index is 0.00781. The van der Waals surface area contributed by atoms with E-state index in [0.717, 1.165) is 48.8 Å². The molecule has 4 saturated carbocycles. The molecule has 0 saturated heterocycles. The second-order valence-electron chi connectivity index (χ2n) is 8.28. The van der Waals surface area contributed by atoms with Crippen LogP contribution < -0.4 is 0 Å². The van der Waals surface area contributed by atoms with Crippen molar-refractivity contribution in [1.29, 1.82) is 0 Å². The number of rotatable bonds is 5. The van der Waals surface area contributed by atoms with E-state index in [1.54, 1.807) is 12.1 Å². The van der Waals surface area contributed by atoms with Gasteiger partial charge in [-0.3, -0.25) is 14.9 Å². The van der Waals surface area contributed by atoms with E-state index in [1.165, 1.54) is 25.3 Å². The highest BCUT2D eigenvalue weighted by molar-refractivity contribution is 7.99. The lowest BCUT2D eigenvalue weighted by Gasteiger charge is -2.55. The topological polar surface area (TPSA) is 99.1 Å². The molecule has 1 aromatic carbocycles. The van der Waals surface area contributed by atoms with Crippen LogP contribution in [-0.4, -0.2) is 21.4 Å². The Morgan fingerprint density at radius 3 is 2.41 bits per heavy atom. The molecule has 140 valence electrons. The first-order valence-corrected chi connectivity index (χ1v) is 10.1. The maximum atomic E-state index is 11.3. The van der Waals surface area contributed by atoms with E-state index in [4.69, 9.17) is 4.42 Å². The van der Waals surface area contributed by atoms with Crippen molar-refractivity contribution in [3.8, 4) is 0 Å². The molecule has 4 bridgehead atoms. The van der Waals surface area contributed by atoms with Gasteiger partial charge in [0.2, 0.25) is 5.89 Å². The van der Waals surface area contributed by atoms with Crippen LogP contribution in [0.3, 0.4) is 0 Å². The summed E-state index contributed by atoms with van der Waals surface area (Å²) in [6, 6.07) is 4.38. The molecule has 0 amide bonds. The number of nitro groups is 1. The molecule has 4 aliphatic carbocycles. The fourth-order valence-electron chi connectivity index (χ4n) is 5.77. The fourth-order valence-corrected chi connectivity index (χ4v) is 6.53. The Morgan fingerprint density at radius 2 is 1.81 bits per heavy atom. The maximum absolute atomic E-state index is 11.3. The smallest absolute Gasteiger partial charge is 0.284 e. The molecule has 2 aromatic rings. The molecule has 8 heteroatoms. The zero-order valence-electron chi connectivity index (χ0n) is 14.7. The molecule has 1 heterocycles. The van der Waals surface area contributed by atoms with Crippen molar-refractivity contribution >= 4 is 23.7 Å². The molecule has 6 rings (SSSR count). The first-order chi connectivity index (χ1) is 13.0. The minimum Gasteiger partial charge on any atom is -0.415 e. The number of nitro benzene ring substituents is 1. The average molecular weight is 385 g/mol. The molecule has 4 fully saturated rings. The number of nitrogens with zero attached hydrogens (tertiary/aromatic N) is 3. The second kappa shape index (κ2) is 6.15. The number of carbonyl (C=O) groups excluding carboxylic acids is 1. The molecule has 0 N–H and O–H groups in total. The average Bonchev–Trinajstić information content (AvgIpc) is 3.10. The van der Waals surface area contributed by atoms with Crippen molar-refractivity contribution in [1.82, 2.24) is 10.2 Å². The molecule has 4 aliphatic rings. The number of hydrogen-bond acceptors (Lipinski definition) is 7. The van der Waals surface area contributed by atoms with Crippen LogP contribution in [0.25, 0.3) is 0 Å². The molecular weight excluding hydrogens is 366 g/mol. The van der Waals surface area contributed by atoms with E-state index in [-0.39, 0.29) is 16.7 Å². The van der Waals surface area contributed by atoms with Crippen LogP contribution in [0.4, 0.5) is 5.69 Å². The predicted molar refractivity (Wildman–Crippen MR) is 96.8 cm³/mol. The van der Waals surface area contributed by atoms with E-state index in [9.17, 15) is 14.9 Å². The van der Waals surface area contributed by atoms with Gasteiger partial charge in [-0.25, -0.2) is 0 Å². The van der Waals surface area contributed by atoms with E-state index in [0.29, 0.717) is 22.3 Å². The summed E-state index contributed by atoms with van der Waals surface area (Å²) in [5.74, 6) is 3.03. The monoisotopic (exact) mass is 385 g/mol. The molecule has 0 aliphatic heterocycles. The van der Waals surface area contributed by atoms with Gasteiger partial charge in [-0.05, 0) is 74.1 Å². The van der Waals surface area contributed by atoms with Crippen molar-refractivity contribution in [2.24, 2.45) is 17.8 Å². The molecule has 0 unspecified atom stereocenters. The van der Waals surface area contributed by atoms with Gasteiger partial charge in [-0.2, -0.15) is 0 Å². The summed E-state index contributed by atoms with van der Waals surface area (Å²) in [4.78, 5) is 22.1. The molecule has 1 aromatic heterocycles. The number of benzene rings is 1. The first kappa shape index (κ1) is 16.9. The molecule has 7 nitrogen and oxygen atoms in total. The Morgan fingerprint density at radius 1 is 1.15 bits per heavy atom. The largest absolute Gasteiger partial charge is 0.415 e. The summed E-state index contributed by atoms with van der Waals surface area (Å²) in [6.07, 6.45) is 7.98. The highest BCUT2D eigenvalue weighted by Gasteiger charge is 2.54. The normalized spacial score (nSPS) is 31.2. The standard InChI is InChI=1S/C19H19N3O4S/c23-10-11-1-2-16(15(6-11)22(24)25)27-18-21-20-17(26-18)19-7-12-3-13(8-19)5-14(4-12)9-19/h1-2,6,10,12-14H,3-5,7-9H2. The van der Waals surface area contributed by atoms with Crippen molar-refractivity contribution in [3.63, 3.8) is 0 Å². The van der Waals surface area contributed by atoms with Crippen molar-refractivity contribution in [2.45, 2.75) is 54.1 Å². The number of hydrogen-bond donors (Lipinski definition) is 0. The SMILES string of the molecule is O=Cc1ccc(Sc2nnc(C34CC5CC(CC(C5)C3)C4)o2)c([N+](=O)[O-])c1. The van der Waals surface area contributed by atoms with Crippen LogP contribution in [0.15, 0.2) is 32.7 Å². The number of carbonyl (C=O) groups is 1. The van der Waals surface area contributed by atoms with Crippen LogP contribution in [0.5, 0.6) is 0 Å². The van der Waals surface area contributed by atoms with Crippen molar-refractivity contribution < 1.29 is 14.1 Å². The highest BCUT2D eigenvalue weighted by atomic mass is 32.2. The van der Waals surface area contributed by atoms with Gasteiger partial charge >= 0.3 is 0 Å². The van der Waals surface area contributed by atoms with Gasteiger partial charge in [0, 0.05) is 17.0 Å². The molecule has 0 atom stereocenters. The summed E-state index contributed by atoms with van der Waals surface area (Å²) in [5, 5.41) is 20.2. The maximum Gasteiger partial charge on any atom is 0.284 e. The summed E-state index contributed by atoms with van der Waals surface area (Å²) < 4.78 is 6.01. The minimum atomic E-state index is -0.494. The first-order valence-electron chi connectivity index (χ1n) is 9.30. The summed E-state index contributed by atoms with van der Waals surface area (Å²) in [7, 11) is 0. The van der Waals surface area contributed by atoms with Gasteiger partial charge < -0.3 is 4.42 Å². The zero-order chi connectivity index (χ0) is 18.6. The van der Waals surface area contributed by atoms with E-state index in [1.807, 2.05) is 0 Å². The van der Waals surface area contributed by atoms with E-state index >= 15 is 0 Å². The highest BCUT2D eigenvalue weighted by Crippen LogP contribution is 2.60. The van der Waals surface area contributed by atoms with Crippen molar-refractivity contribution in [3.05, 3.63) is 39.8 Å². The van der Waals surface area contributed by atoms with Crippen LogP contribution in [0.1, 0.15) is 54.8 Å². The summed E-state index contributed by atoms with van der Waals surface area (Å²) >= 11 is 1.09. The second-order valence-corrected chi connectivity index (χ2v) is 9.27. The zero-order valence-corrected chi connectivity index (χ0v) is 15.5. The molecule has 0 radical (unpaired) electrons. The number of aromatic nitrogens is 2. The van der Waals surface area contributed by atoms with Crippen LogP contribution in [-0.2, 0) is 5.41 Å². The Bertz CT molecular complexity index is 890.